The van der Waals surface area contributed by atoms with Crippen molar-refractivity contribution in [1.29, 1.82) is 0 Å². The average Bonchev–Trinajstić information content (AvgIpc) is 2.95. The Morgan fingerprint density at radius 3 is 2.80 bits per heavy atom. The number of benzene rings is 1. The molecule has 0 spiro atoms. The van der Waals surface area contributed by atoms with Crippen LogP contribution in [-0.2, 0) is 6.42 Å². The van der Waals surface area contributed by atoms with Crippen molar-refractivity contribution in [2.45, 2.75) is 32.7 Å². The summed E-state index contributed by atoms with van der Waals surface area (Å²) in [7, 11) is 0. The van der Waals surface area contributed by atoms with Crippen LogP contribution in [0.3, 0.4) is 0 Å². The fourth-order valence-corrected chi connectivity index (χ4v) is 3.52. The number of amides is 1. The summed E-state index contributed by atoms with van der Waals surface area (Å²) in [6, 6.07) is 9.83. The van der Waals surface area contributed by atoms with Crippen molar-refractivity contribution in [1.82, 2.24) is 14.7 Å². The number of aromatic nitrogens is 2. The molecule has 6 nitrogen and oxygen atoms in total. The highest BCUT2D eigenvalue weighted by Gasteiger charge is 2.22. The van der Waals surface area contributed by atoms with E-state index in [1.165, 1.54) is 21.3 Å². The van der Waals surface area contributed by atoms with Crippen molar-refractivity contribution in [3.8, 4) is 5.88 Å². The minimum Gasteiger partial charge on any atom is -0.492 e. The Hall–Kier alpha value is -2.67. The number of hydrogen-bond acceptors (Lipinski definition) is 5. The van der Waals surface area contributed by atoms with E-state index < -0.39 is 17.3 Å². The van der Waals surface area contributed by atoms with E-state index in [1.54, 1.807) is 12.3 Å². The summed E-state index contributed by atoms with van der Waals surface area (Å²) in [4.78, 5) is 29.3. The van der Waals surface area contributed by atoms with E-state index in [-0.39, 0.29) is 11.6 Å². The van der Waals surface area contributed by atoms with Crippen LogP contribution in [0.25, 0.3) is 4.96 Å². The van der Waals surface area contributed by atoms with Gasteiger partial charge in [-0.2, -0.15) is 4.98 Å². The Balaban J connectivity index is 1.76. The van der Waals surface area contributed by atoms with Crippen LogP contribution >= 0.6 is 11.3 Å². The van der Waals surface area contributed by atoms with Crippen LogP contribution in [0.4, 0.5) is 0 Å². The lowest BCUT2D eigenvalue weighted by molar-refractivity contribution is 0.0933. The summed E-state index contributed by atoms with van der Waals surface area (Å²) in [5, 5.41) is 14.5. The summed E-state index contributed by atoms with van der Waals surface area (Å²) in [6.07, 6.45) is 1.54. The predicted octanol–water partition coefficient (Wildman–Crippen LogP) is 2.52. The molecule has 0 aliphatic heterocycles. The summed E-state index contributed by atoms with van der Waals surface area (Å²) >= 11 is 1.24. The van der Waals surface area contributed by atoms with Gasteiger partial charge in [-0.05, 0) is 32.3 Å². The number of fused-ring (bicyclic) bond motifs is 1. The molecule has 1 aromatic carbocycles. The molecular formula is C18H19N3O3S. The van der Waals surface area contributed by atoms with Crippen LogP contribution in [0.2, 0.25) is 0 Å². The number of thiazole rings is 1. The highest BCUT2D eigenvalue weighted by molar-refractivity contribution is 7.15. The van der Waals surface area contributed by atoms with Gasteiger partial charge in [0.05, 0.1) is 0 Å². The smallest absolute Gasteiger partial charge is 0.275 e. The molecule has 2 aromatic heterocycles. The first-order valence-corrected chi connectivity index (χ1v) is 8.90. The van der Waals surface area contributed by atoms with Crippen molar-refractivity contribution in [3.63, 3.8) is 0 Å². The van der Waals surface area contributed by atoms with Crippen LogP contribution in [0.5, 0.6) is 5.88 Å². The Kier molecular flexibility index (Phi) is 4.85. The van der Waals surface area contributed by atoms with Crippen LogP contribution in [-0.4, -0.2) is 26.4 Å². The van der Waals surface area contributed by atoms with Gasteiger partial charge in [0.1, 0.15) is 0 Å². The second-order valence-electron chi connectivity index (χ2n) is 6.01. The molecule has 25 heavy (non-hydrogen) atoms. The number of rotatable bonds is 5. The van der Waals surface area contributed by atoms with Crippen LogP contribution in [0.15, 0.2) is 40.5 Å². The van der Waals surface area contributed by atoms with Gasteiger partial charge < -0.3 is 10.4 Å². The molecule has 2 N–H and O–H groups in total. The van der Waals surface area contributed by atoms with Gasteiger partial charge in [-0.1, -0.05) is 30.3 Å². The van der Waals surface area contributed by atoms with E-state index in [9.17, 15) is 14.7 Å². The van der Waals surface area contributed by atoms with Gasteiger partial charge in [-0.3, -0.25) is 14.0 Å². The molecule has 0 aliphatic rings. The van der Waals surface area contributed by atoms with Gasteiger partial charge >= 0.3 is 0 Å². The molecule has 0 saturated carbocycles. The maximum absolute atomic E-state index is 12.5. The zero-order chi connectivity index (χ0) is 18.0. The quantitative estimate of drug-likeness (QED) is 0.735. The molecule has 0 fully saturated rings. The highest BCUT2D eigenvalue weighted by Crippen LogP contribution is 2.17. The maximum atomic E-state index is 12.5. The maximum Gasteiger partial charge on any atom is 0.275 e. The zero-order valence-electron chi connectivity index (χ0n) is 14.0. The first-order chi connectivity index (χ1) is 12.0. The lowest BCUT2D eigenvalue weighted by atomic mass is 10.1. The molecule has 7 heteroatoms. The summed E-state index contributed by atoms with van der Waals surface area (Å²) in [5.74, 6) is -1.13. The molecule has 0 aliphatic carbocycles. The highest BCUT2D eigenvalue weighted by atomic mass is 32.1. The summed E-state index contributed by atoms with van der Waals surface area (Å²) in [6.45, 7) is 3.63. The number of hydrogen-bond donors (Lipinski definition) is 2. The molecule has 0 unspecified atom stereocenters. The van der Waals surface area contributed by atoms with Crippen molar-refractivity contribution in [2.75, 3.05) is 0 Å². The molecule has 3 rings (SSSR count). The number of nitrogens with one attached hydrogen (secondary N) is 1. The lowest BCUT2D eigenvalue weighted by Gasteiger charge is -2.14. The number of aromatic hydroxyl groups is 1. The van der Waals surface area contributed by atoms with Crippen LogP contribution in [0, 0.1) is 6.92 Å². The van der Waals surface area contributed by atoms with E-state index >= 15 is 0 Å². The lowest BCUT2D eigenvalue weighted by Crippen LogP contribution is -2.37. The number of nitrogens with zero attached hydrogens (tertiary/aromatic N) is 2. The molecular weight excluding hydrogens is 338 g/mol. The largest absolute Gasteiger partial charge is 0.492 e. The van der Waals surface area contributed by atoms with E-state index in [0.717, 1.165) is 12.8 Å². The molecule has 1 atom stereocenters. The first kappa shape index (κ1) is 17.2. The standard InChI is InChI=1S/C18H19N3O3S/c1-11(8-9-13-6-4-3-5-7-13)19-15(22)14-16(23)20-18-21(17(14)24)12(2)10-25-18/h3-7,10-11,23H,8-9H2,1-2H3,(H,19,22)/t11-/m0/s1. The third-order valence-corrected chi connectivity index (χ3v) is 4.98. The zero-order valence-corrected chi connectivity index (χ0v) is 14.8. The SMILES string of the molecule is Cc1csc2nc(O)c(C(=O)N[C@@H](C)CCc3ccccc3)c(=O)n12. The van der Waals surface area contributed by atoms with Crippen LogP contribution < -0.4 is 10.9 Å². The third kappa shape index (κ3) is 3.56. The van der Waals surface area contributed by atoms with E-state index in [4.69, 9.17) is 0 Å². The molecule has 130 valence electrons. The van der Waals surface area contributed by atoms with Crippen LogP contribution in [0.1, 0.15) is 35.0 Å². The monoisotopic (exact) mass is 357 g/mol. The molecule has 0 bridgehead atoms. The van der Waals surface area contributed by atoms with Gasteiger partial charge in [-0.25, -0.2) is 0 Å². The van der Waals surface area contributed by atoms with Crippen molar-refractivity contribution >= 4 is 22.2 Å². The Morgan fingerprint density at radius 1 is 1.36 bits per heavy atom. The van der Waals surface area contributed by atoms with Crippen molar-refractivity contribution < 1.29 is 9.90 Å². The van der Waals surface area contributed by atoms with Crippen molar-refractivity contribution in [3.05, 3.63) is 62.9 Å². The number of carbonyl (C=O) groups is 1. The molecule has 0 saturated heterocycles. The van der Waals surface area contributed by atoms with Crippen molar-refractivity contribution in [2.24, 2.45) is 0 Å². The topological polar surface area (TPSA) is 83.7 Å². The number of carbonyl (C=O) groups excluding carboxylic acids is 1. The fraction of sp³-hybridized carbons (Fsp3) is 0.278. The van der Waals surface area contributed by atoms with E-state index in [1.807, 2.05) is 37.3 Å². The normalized spacial score (nSPS) is 12.2. The Bertz CT molecular complexity index is 963. The third-order valence-electron chi connectivity index (χ3n) is 4.03. The van der Waals surface area contributed by atoms with Gasteiger partial charge in [0.15, 0.2) is 10.5 Å². The van der Waals surface area contributed by atoms with E-state index in [2.05, 4.69) is 10.3 Å². The van der Waals surface area contributed by atoms with Gasteiger partial charge in [0.25, 0.3) is 11.5 Å². The summed E-state index contributed by atoms with van der Waals surface area (Å²) < 4.78 is 1.34. The average molecular weight is 357 g/mol. The second-order valence-corrected chi connectivity index (χ2v) is 6.85. The molecule has 1 amide bonds. The Morgan fingerprint density at radius 2 is 2.08 bits per heavy atom. The fourth-order valence-electron chi connectivity index (χ4n) is 2.67. The molecule has 2 heterocycles. The van der Waals surface area contributed by atoms with Gasteiger partial charge in [0, 0.05) is 17.1 Å². The second kappa shape index (κ2) is 7.06. The number of aryl methyl sites for hydroxylation is 2. The van der Waals surface area contributed by atoms with E-state index in [0.29, 0.717) is 10.7 Å². The minimum atomic E-state index is -0.601. The minimum absolute atomic E-state index is 0.143. The Labute approximate surface area is 148 Å². The molecule has 0 radical (unpaired) electrons. The molecule has 3 aromatic rings. The van der Waals surface area contributed by atoms with Gasteiger partial charge in [0.2, 0.25) is 5.88 Å². The van der Waals surface area contributed by atoms with Gasteiger partial charge in [-0.15, -0.1) is 11.3 Å². The summed E-state index contributed by atoms with van der Waals surface area (Å²) in [5.41, 5.74) is 1.01. The predicted molar refractivity (Wildman–Crippen MR) is 97.4 cm³/mol. The first-order valence-electron chi connectivity index (χ1n) is 8.02.